The highest BCUT2D eigenvalue weighted by Gasteiger charge is 2.20. The van der Waals surface area contributed by atoms with Gasteiger partial charge in [0.05, 0.1) is 17.2 Å². The van der Waals surface area contributed by atoms with Gasteiger partial charge in [0, 0.05) is 0 Å². The first-order chi connectivity index (χ1) is 10.8. The molecule has 0 aliphatic carbocycles. The molecule has 0 aliphatic heterocycles. The van der Waals surface area contributed by atoms with Crippen molar-refractivity contribution < 1.29 is 22.1 Å². The number of carbonyl (C=O) groups is 1. The molecule has 0 atom stereocenters. The quantitative estimate of drug-likeness (QED) is 0.585. The standard InChI is InChI=1S/C15H12Cl2O5S/c1-2-21-15(18)10-6-8-11(9-7-10)23(19,20)22-13-5-3-4-12(16)14(13)17/h3-9H,2H2,1H3. The number of ether oxygens (including phenoxy) is 1. The van der Waals surface area contributed by atoms with Crippen LogP contribution in [-0.2, 0) is 14.9 Å². The number of hydrogen-bond donors (Lipinski definition) is 0. The van der Waals surface area contributed by atoms with E-state index in [0.29, 0.717) is 0 Å². The lowest BCUT2D eigenvalue weighted by Crippen LogP contribution is -2.11. The Balaban J connectivity index is 2.26. The van der Waals surface area contributed by atoms with E-state index >= 15 is 0 Å². The maximum atomic E-state index is 12.2. The van der Waals surface area contributed by atoms with Crippen molar-refractivity contribution in [3.8, 4) is 5.75 Å². The molecule has 0 unspecified atom stereocenters. The Bertz CT molecular complexity index is 816. The van der Waals surface area contributed by atoms with Crippen molar-refractivity contribution in [2.24, 2.45) is 0 Å². The van der Waals surface area contributed by atoms with E-state index in [2.05, 4.69) is 0 Å². The minimum absolute atomic E-state index is 0.000820. The van der Waals surface area contributed by atoms with Crippen LogP contribution in [-0.4, -0.2) is 21.0 Å². The van der Waals surface area contributed by atoms with E-state index in [4.69, 9.17) is 32.1 Å². The third kappa shape index (κ3) is 4.16. The van der Waals surface area contributed by atoms with Crippen molar-refractivity contribution in [2.75, 3.05) is 6.61 Å². The molecule has 0 aromatic heterocycles. The number of halogens is 2. The summed E-state index contributed by atoms with van der Waals surface area (Å²) in [4.78, 5) is 11.4. The van der Waals surface area contributed by atoms with Crippen LogP contribution in [0.5, 0.6) is 5.75 Å². The Morgan fingerprint density at radius 2 is 1.74 bits per heavy atom. The summed E-state index contributed by atoms with van der Waals surface area (Å²) in [6.45, 7) is 1.91. The van der Waals surface area contributed by atoms with Crippen LogP contribution >= 0.6 is 23.2 Å². The van der Waals surface area contributed by atoms with Crippen LogP contribution in [0.3, 0.4) is 0 Å². The van der Waals surface area contributed by atoms with Crippen LogP contribution in [0.1, 0.15) is 17.3 Å². The predicted octanol–water partition coefficient (Wildman–Crippen LogP) is 3.94. The summed E-state index contributed by atoms with van der Waals surface area (Å²) in [7, 11) is -4.10. The van der Waals surface area contributed by atoms with E-state index in [-0.39, 0.29) is 32.9 Å². The van der Waals surface area contributed by atoms with Gasteiger partial charge in [-0.05, 0) is 43.3 Å². The predicted molar refractivity (Wildman–Crippen MR) is 86.7 cm³/mol. The summed E-state index contributed by atoms with van der Waals surface area (Å²) in [5.74, 6) is -0.608. The first kappa shape index (κ1) is 17.6. The van der Waals surface area contributed by atoms with Crippen molar-refractivity contribution in [1.29, 1.82) is 0 Å². The molecule has 0 spiro atoms. The van der Waals surface area contributed by atoms with E-state index < -0.39 is 16.1 Å². The van der Waals surface area contributed by atoms with Gasteiger partial charge in [-0.25, -0.2) is 4.79 Å². The van der Waals surface area contributed by atoms with Crippen molar-refractivity contribution in [1.82, 2.24) is 0 Å². The lowest BCUT2D eigenvalue weighted by atomic mass is 10.2. The Morgan fingerprint density at radius 1 is 1.09 bits per heavy atom. The maximum absolute atomic E-state index is 12.2. The largest absolute Gasteiger partial charge is 0.462 e. The average molecular weight is 375 g/mol. The highest BCUT2D eigenvalue weighted by Crippen LogP contribution is 2.33. The second kappa shape index (κ2) is 7.21. The smallest absolute Gasteiger partial charge is 0.339 e. The Morgan fingerprint density at radius 3 is 2.35 bits per heavy atom. The highest BCUT2D eigenvalue weighted by molar-refractivity contribution is 7.87. The van der Waals surface area contributed by atoms with Gasteiger partial charge in [-0.2, -0.15) is 8.42 Å². The number of esters is 1. The molecule has 0 radical (unpaired) electrons. The minimum atomic E-state index is -4.10. The number of hydrogen-bond acceptors (Lipinski definition) is 5. The fourth-order valence-electron chi connectivity index (χ4n) is 1.69. The van der Waals surface area contributed by atoms with Gasteiger partial charge in [-0.1, -0.05) is 29.3 Å². The monoisotopic (exact) mass is 374 g/mol. The fraction of sp³-hybridized carbons (Fsp3) is 0.133. The van der Waals surface area contributed by atoms with Crippen LogP contribution in [0, 0.1) is 0 Å². The average Bonchev–Trinajstić information content (AvgIpc) is 2.52. The molecule has 122 valence electrons. The first-order valence-corrected chi connectivity index (χ1v) is 8.67. The van der Waals surface area contributed by atoms with Crippen LogP contribution in [0.2, 0.25) is 10.0 Å². The summed E-state index contributed by atoms with van der Waals surface area (Å²) in [5.41, 5.74) is 0.242. The Hall–Kier alpha value is -1.76. The lowest BCUT2D eigenvalue weighted by molar-refractivity contribution is 0.0526. The molecule has 0 saturated carbocycles. The molecule has 5 nitrogen and oxygen atoms in total. The van der Waals surface area contributed by atoms with Crippen molar-refractivity contribution in [3.05, 3.63) is 58.1 Å². The summed E-state index contributed by atoms with van der Waals surface area (Å²) in [6.07, 6.45) is 0. The summed E-state index contributed by atoms with van der Waals surface area (Å²) >= 11 is 11.7. The van der Waals surface area contributed by atoms with Crippen molar-refractivity contribution in [2.45, 2.75) is 11.8 Å². The third-order valence-electron chi connectivity index (χ3n) is 2.77. The second-order valence-electron chi connectivity index (χ2n) is 4.33. The molecule has 8 heteroatoms. The zero-order valence-corrected chi connectivity index (χ0v) is 14.3. The molecular weight excluding hydrogens is 363 g/mol. The SMILES string of the molecule is CCOC(=O)c1ccc(S(=O)(=O)Oc2cccc(Cl)c2Cl)cc1. The van der Waals surface area contributed by atoms with Crippen molar-refractivity contribution >= 4 is 39.3 Å². The van der Waals surface area contributed by atoms with Gasteiger partial charge >= 0.3 is 16.1 Å². The number of benzene rings is 2. The van der Waals surface area contributed by atoms with E-state index in [1.165, 1.54) is 42.5 Å². The summed E-state index contributed by atoms with van der Waals surface area (Å²) in [6, 6.07) is 9.60. The highest BCUT2D eigenvalue weighted by atomic mass is 35.5. The topological polar surface area (TPSA) is 69.7 Å². The second-order valence-corrected chi connectivity index (χ2v) is 6.67. The molecule has 0 amide bonds. The van der Waals surface area contributed by atoms with E-state index in [0.717, 1.165) is 0 Å². The fourth-order valence-corrected chi connectivity index (χ4v) is 3.00. The van der Waals surface area contributed by atoms with Crippen LogP contribution in [0.15, 0.2) is 47.4 Å². The van der Waals surface area contributed by atoms with Crippen LogP contribution < -0.4 is 4.18 Å². The van der Waals surface area contributed by atoms with Gasteiger partial charge in [0.15, 0.2) is 5.75 Å². The Labute approximate surface area is 143 Å². The lowest BCUT2D eigenvalue weighted by Gasteiger charge is -2.09. The molecular formula is C15H12Cl2O5S. The molecule has 2 rings (SSSR count). The number of carbonyl (C=O) groups excluding carboxylic acids is 1. The van der Waals surface area contributed by atoms with Gasteiger partial charge < -0.3 is 8.92 Å². The van der Waals surface area contributed by atoms with Gasteiger partial charge in [0.1, 0.15) is 9.92 Å². The molecule has 0 fully saturated rings. The molecule has 0 aliphatic rings. The molecule has 0 N–H and O–H groups in total. The molecule has 0 heterocycles. The van der Waals surface area contributed by atoms with Crippen LogP contribution in [0.25, 0.3) is 0 Å². The zero-order valence-electron chi connectivity index (χ0n) is 12.0. The molecule has 0 saturated heterocycles. The molecule has 23 heavy (non-hydrogen) atoms. The number of rotatable bonds is 5. The van der Waals surface area contributed by atoms with Crippen LogP contribution in [0.4, 0.5) is 0 Å². The molecule has 2 aromatic carbocycles. The normalized spacial score (nSPS) is 11.1. The van der Waals surface area contributed by atoms with E-state index in [9.17, 15) is 13.2 Å². The van der Waals surface area contributed by atoms with E-state index in [1.54, 1.807) is 6.92 Å². The molecule has 0 bridgehead atoms. The van der Waals surface area contributed by atoms with Gasteiger partial charge in [-0.15, -0.1) is 0 Å². The zero-order chi connectivity index (χ0) is 17.0. The molecule has 2 aromatic rings. The first-order valence-electron chi connectivity index (χ1n) is 6.51. The van der Waals surface area contributed by atoms with E-state index in [1.807, 2.05) is 0 Å². The Kier molecular flexibility index (Phi) is 5.51. The van der Waals surface area contributed by atoms with Gasteiger partial charge in [-0.3, -0.25) is 0 Å². The van der Waals surface area contributed by atoms with Gasteiger partial charge in [0.25, 0.3) is 0 Å². The van der Waals surface area contributed by atoms with Gasteiger partial charge in [0.2, 0.25) is 0 Å². The maximum Gasteiger partial charge on any atom is 0.339 e. The third-order valence-corrected chi connectivity index (χ3v) is 4.82. The summed E-state index contributed by atoms with van der Waals surface area (Å²) in [5, 5.41) is 0.179. The minimum Gasteiger partial charge on any atom is -0.462 e. The summed E-state index contributed by atoms with van der Waals surface area (Å²) < 4.78 is 34.3. The van der Waals surface area contributed by atoms with Crippen molar-refractivity contribution in [3.63, 3.8) is 0 Å².